The van der Waals surface area contributed by atoms with Crippen LogP contribution < -0.4 is 0 Å². The van der Waals surface area contributed by atoms with Crippen LogP contribution in [0.3, 0.4) is 0 Å². The number of benzene rings is 1. The van der Waals surface area contributed by atoms with Gasteiger partial charge in [-0.25, -0.2) is 8.42 Å². The van der Waals surface area contributed by atoms with E-state index in [0.717, 1.165) is 15.6 Å². The first-order valence-corrected chi connectivity index (χ1v) is 9.30. The van der Waals surface area contributed by atoms with E-state index in [1.165, 1.54) is 21.2 Å². The highest BCUT2D eigenvalue weighted by molar-refractivity contribution is 14.2. The molecule has 72 valence electrons. The number of halogens is 2. The van der Waals surface area contributed by atoms with Gasteiger partial charge in [-0.1, -0.05) is 46.9 Å². The van der Waals surface area contributed by atoms with E-state index in [2.05, 4.69) is 22.6 Å². The lowest BCUT2D eigenvalue weighted by molar-refractivity contribution is 0.612. The van der Waals surface area contributed by atoms with Crippen molar-refractivity contribution in [2.75, 3.05) is 0 Å². The number of hydrogen-bond acceptors (Lipinski definition) is 2. The Labute approximate surface area is 104 Å². The predicted octanol–water partition coefficient (Wildman–Crippen LogP) is 2.89. The summed E-state index contributed by atoms with van der Waals surface area (Å²) in [6.45, 7) is 0. The molecule has 1 rings (SSSR count). The Morgan fingerprint density at radius 3 is 2.15 bits per heavy atom. The summed E-state index contributed by atoms with van der Waals surface area (Å²) in [6.07, 6.45) is 0. The van der Waals surface area contributed by atoms with Crippen molar-refractivity contribution in [3.05, 3.63) is 35.4 Å². The molecule has 0 aliphatic heterocycles. The average Bonchev–Trinajstić information content (AvgIpc) is 2.02. The highest BCUT2D eigenvalue weighted by Crippen LogP contribution is 2.18. The van der Waals surface area contributed by atoms with Gasteiger partial charge in [0, 0.05) is 4.43 Å². The van der Waals surface area contributed by atoms with Gasteiger partial charge in [-0.15, -0.1) is 0 Å². The zero-order chi connectivity index (χ0) is 9.90. The summed E-state index contributed by atoms with van der Waals surface area (Å²) in [6, 6.07) is 7.62. The molecule has 0 saturated carbocycles. The molecular formula is C8H8I2O2S. The Hall–Kier alpha value is 0.630. The van der Waals surface area contributed by atoms with Crippen molar-refractivity contribution >= 4 is 50.8 Å². The van der Waals surface area contributed by atoms with E-state index in [0.29, 0.717) is 0 Å². The predicted molar refractivity (Wildman–Crippen MR) is 70.8 cm³/mol. The molecule has 0 N–H and O–H groups in total. The van der Waals surface area contributed by atoms with Gasteiger partial charge in [0.1, 0.15) is 0 Å². The maximum atomic E-state index is 11.1. The van der Waals surface area contributed by atoms with Crippen molar-refractivity contribution < 1.29 is 8.42 Å². The molecule has 0 bridgehead atoms. The summed E-state index contributed by atoms with van der Waals surface area (Å²) in [5, 5.41) is 0. The van der Waals surface area contributed by atoms with E-state index in [1.807, 2.05) is 24.3 Å². The second-order valence-electron chi connectivity index (χ2n) is 2.59. The molecule has 0 spiro atoms. The van der Waals surface area contributed by atoms with Crippen molar-refractivity contribution in [1.82, 2.24) is 0 Å². The summed E-state index contributed by atoms with van der Waals surface area (Å²) < 4.78 is 23.0. The van der Waals surface area contributed by atoms with Gasteiger partial charge in [-0.3, -0.25) is 0 Å². The summed E-state index contributed by atoms with van der Waals surface area (Å²) in [4.78, 5) is 0. The first kappa shape index (κ1) is 11.7. The Kier molecular flexibility index (Phi) is 4.43. The minimum atomic E-state index is -2.94. The monoisotopic (exact) mass is 422 g/mol. The smallest absolute Gasteiger partial charge is 0.207 e. The lowest BCUT2D eigenvalue weighted by atomic mass is 10.1. The molecular weight excluding hydrogens is 414 g/mol. The zero-order valence-corrected chi connectivity index (χ0v) is 11.8. The van der Waals surface area contributed by atoms with Crippen molar-refractivity contribution in [1.29, 1.82) is 0 Å². The Balaban J connectivity index is 3.01. The SMILES string of the molecule is O=S(=O)(I)Cc1ccccc1CI. The van der Waals surface area contributed by atoms with Gasteiger partial charge in [-0.2, -0.15) is 0 Å². The Bertz CT molecular complexity index is 387. The second-order valence-corrected chi connectivity index (χ2v) is 8.74. The van der Waals surface area contributed by atoms with Gasteiger partial charge in [0.2, 0.25) is 7.01 Å². The largest absolute Gasteiger partial charge is 0.218 e. The standard InChI is InChI=1S/C8H8I2O2S/c9-5-7-3-1-2-4-8(7)6-13(10,11)12/h1-4H,5-6H2. The van der Waals surface area contributed by atoms with Crippen LogP contribution in [-0.4, -0.2) is 8.42 Å². The molecule has 0 aromatic heterocycles. The summed E-state index contributed by atoms with van der Waals surface area (Å²) in [5.41, 5.74) is 2.01. The average molecular weight is 422 g/mol. The molecule has 0 atom stereocenters. The van der Waals surface area contributed by atoms with E-state index < -0.39 is 7.01 Å². The summed E-state index contributed by atoms with van der Waals surface area (Å²) in [5.74, 6) is 0.132. The minimum Gasteiger partial charge on any atom is -0.218 e. The van der Waals surface area contributed by atoms with E-state index in [4.69, 9.17) is 0 Å². The number of alkyl halides is 1. The molecule has 0 aliphatic carbocycles. The van der Waals surface area contributed by atoms with Gasteiger partial charge in [0.05, 0.1) is 27.0 Å². The molecule has 0 saturated heterocycles. The van der Waals surface area contributed by atoms with Crippen molar-refractivity contribution in [3.63, 3.8) is 0 Å². The van der Waals surface area contributed by atoms with Crippen LogP contribution in [-0.2, 0) is 17.2 Å². The molecule has 1 aromatic rings. The van der Waals surface area contributed by atoms with Gasteiger partial charge in [0.25, 0.3) is 0 Å². The normalized spacial score (nSPS) is 11.5. The van der Waals surface area contributed by atoms with Crippen LogP contribution in [0.4, 0.5) is 0 Å². The van der Waals surface area contributed by atoms with Crippen LogP contribution in [0.5, 0.6) is 0 Å². The Morgan fingerprint density at radius 2 is 1.69 bits per heavy atom. The molecule has 0 amide bonds. The molecule has 1 aromatic carbocycles. The van der Waals surface area contributed by atoms with Crippen molar-refractivity contribution in [2.24, 2.45) is 0 Å². The van der Waals surface area contributed by atoms with Crippen molar-refractivity contribution in [3.8, 4) is 0 Å². The van der Waals surface area contributed by atoms with E-state index in [9.17, 15) is 8.42 Å². The third-order valence-electron chi connectivity index (χ3n) is 1.59. The molecule has 0 heterocycles. The molecule has 2 nitrogen and oxygen atoms in total. The molecule has 0 aliphatic rings. The minimum absolute atomic E-state index is 0.132. The number of rotatable bonds is 3. The third-order valence-corrected chi connectivity index (χ3v) is 4.00. The third kappa shape index (κ3) is 4.11. The van der Waals surface area contributed by atoms with Crippen LogP contribution >= 0.6 is 43.8 Å². The molecule has 0 unspecified atom stereocenters. The fraction of sp³-hybridized carbons (Fsp3) is 0.250. The quantitative estimate of drug-likeness (QED) is 0.427. The first-order chi connectivity index (χ1) is 6.03. The Morgan fingerprint density at radius 1 is 1.15 bits per heavy atom. The van der Waals surface area contributed by atoms with Crippen LogP contribution in [0.15, 0.2) is 24.3 Å². The highest BCUT2D eigenvalue weighted by atomic mass is 127. The van der Waals surface area contributed by atoms with Crippen molar-refractivity contribution in [2.45, 2.75) is 10.2 Å². The summed E-state index contributed by atoms with van der Waals surface area (Å²) in [7, 11) is -2.94. The van der Waals surface area contributed by atoms with E-state index >= 15 is 0 Å². The van der Waals surface area contributed by atoms with E-state index in [-0.39, 0.29) is 5.75 Å². The van der Waals surface area contributed by atoms with Gasteiger partial charge < -0.3 is 0 Å². The van der Waals surface area contributed by atoms with Crippen LogP contribution in [0.25, 0.3) is 0 Å². The topological polar surface area (TPSA) is 34.1 Å². The summed E-state index contributed by atoms with van der Waals surface area (Å²) >= 11 is 3.72. The van der Waals surface area contributed by atoms with E-state index in [1.54, 1.807) is 0 Å². The molecule has 5 heteroatoms. The van der Waals surface area contributed by atoms with Gasteiger partial charge >= 0.3 is 0 Å². The fourth-order valence-corrected chi connectivity index (χ4v) is 3.42. The van der Waals surface area contributed by atoms with Crippen LogP contribution in [0.2, 0.25) is 0 Å². The van der Waals surface area contributed by atoms with Gasteiger partial charge in [-0.05, 0) is 11.1 Å². The maximum Gasteiger partial charge on any atom is 0.207 e. The number of hydrogen-bond donors (Lipinski definition) is 0. The molecule has 13 heavy (non-hydrogen) atoms. The van der Waals surface area contributed by atoms with Gasteiger partial charge in [0.15, 0.2) is 0 Å². The lowest BCUT2D eigenvalue weighted by Crippen LogP contribution is -1.97. The fourth-order valence-electron chi connectivity index (χ4n) is 1.01. The van der Waals surface area contributed by atoms with Crippen LogP contribution in [0.1, 0.15) is 11.1 Å². The first-order valence-electron chi connectivity index (χ1n) is 3.58. The maximum absolute atomic E-state index is 11.1. The molecule has 0 radical (unpaired) electrons. The molecule has 0 fully saturated rings. The zero-order valence-electron chi connectivity index (χ0n) is 6.70. The van der Waals surface area contributed by atoms with Crippen LogP contribution in [0, 0.1) is 0 Å². The second kappa shape index (κ2) is 4.92. The lowest BCUT2D eigenvalue weighted by Gasteiger charge is -2.03. The highest BCUT2D eigenvalue weighted by Gasteiger charge is 2.08.